The van der Waals surface area contributed by atoms with Crippen molar-refractivity contribution in [1.82, 2.24) is 4.98 Å². The highest BCUT2D eigenvalue weighted by Crippen LogP contribution is 2.09. The van der Waals surface area contributed by atoms with E-state index in [4.69, 9.17) is 5.11 Å². The fourth-order valence-corrected chi connectivity index (χ4v) is 0.865. The fraction of sp³-hybridized carbons (Fsp3) is 0.125. The number of anilines is 1. The molecule has 0 saturated carbocycles. The number of carboxylic acid groups (broad SMARTS) is 1. The Balaban J connectivity index is 3.07. The first-order valence-electron chi connectivity index (χ1n) is 3.67. The van der Waals surface area contributed by atoms with E-state index >= 15 is 0 Å². The number of carbonyl (C=O) groups excluding carboxylic acids is 1. The standard InChI is InChI=1S/C8H7FN2O3/c1-4(12)10-7-3-5(8(13)14)2-6(9)11-7/h2-3H,1H3,(H,13,14)(H,10,11,12). The van der Waals surface area contributed by atoms with Crippen LogP contribution in [0.3, 0.4) is 0 Å². The summed E-state index contributed by atoms with van der Waals surface area (Å²) in [5, 5.41) is 10.7. The molecule has 0 unspecified atom stereocenters. The molecule has 0 atom stereocenters. The molecule has 5 nitrogen and oxygen atoms in total. The van der Waals surface area contributed by atoms with Gasteiger partial charge in [-0.25, -0.2) is 9.78 Å². The van der Waals surface area contributed by atoms with E-state index in [9.17, 15) is 14.0 Å². The van der Waals surface area contributed by atoms with E-state index in [0.717, 1.165) is 12.1 Å². The van der Waals surface area contributed by atoms with Crippen molar-refractivity contribution in [2.45, 2.75) is 6.92 Å². The first-order chi connectivity index (χ1) is 6.49. The summed E-state index contributed by atoms with van der Waals surface area (Å²) in [6, 6.07) is 1.85. The number of carboxylic acids is 1. The van der Waals surface area contributed by atoms with Crippen LogP contribution in [-0.2, 0) is 4.79 Å². The zero-order valence-electron chi connectivity index (χ0n) is 7.24. The number of aromatic nitrogens is 1. The molecule has 1 aromatic heterocycles. The first-order valence-corrected chi connectivity index (χ1v) is 3.67. The highest BCUT2D eigenvalue weighted by molar-refractivity contribution is 5.91. The lowest BCUT2D eigenvalue weighted by molar-refractivity contribution is -0.114. The third-order valence-electron chi connectivity index (χ3n) is 1.35. The van der Waals surface area contributed by atoms with Gasteiger partial charge in [-0.1, -0.05) is 0 Å². The summed E-state index contributed by atoms with van der Waals surface area (Å²) < 4.78 is 12.7. The molecule has 1 rings (SSSR count). The topological polar surface area (TPSA) is 79.3 Å². The molecule has 0 fully saturated rings. The lowest BCUT2D eigenvalue weighted by atomic mass is 10.2. The smallest absolute Gasteiger partial charge is 0.335 e. The van der Waals surface area contributed by atoms with Crippen LogP contribution in [0.1, 0.15) is 17.3 Å². The predicted octanol–water partition coefficient (Wildman–Crippen LogP) is 0.877. The Labute approximate surface area is 78.6 Å². The molecule has 74 valence electrons. The van der Waals surface area contributed by atoms with Crippen LogP contribution in [0.5, 0.6) is 0 Å². The van der Waals surface area contributed by atoms with Gasteiger partial charge in [0.2, 0.25) is 11.9 Å². The molecule has 0 bridgehead atoms. The summed E-state index contributed by atoms with van der Waals surface area (Å²) in [5.74, 6) is -2.79. The number of nitrogens with one attached hydrogen (secondary N) is 1. The molecule has 1 amide bonds. The van der Waals surface area contributed by atoms with Crippen LogP contribution >= 0.6 is 0 Å². The van der Waals surface area contributed by atoms with Crippen LogP contribution in [0.25, 0.3) is 0 Å². The van der Waals surface area contributed by atoms with Gasteiger partial charge >= 0.3 is 5.97 Å². The Kier molecular flexibility index (Phi) is 2.76. The first kappa shape index (κ1) is 10.1. The molecule has 1 heterocycles. The van der Waals surface area contributed by atoms with Crippen LogP contribution in [0.15, 0.2) is 12.1 Å². The van der Waals surface area contributed by atoms with Crippen LogP contribution in [-0.4, -0.2) is 22.0 Å². The molecule has 0 spiro atoms. The van der Waals surface area contributed by atoms with Gasteiger partial charge in [0.25, 0.3) is 0 Å². The number of aromatic carboxylic acids is 1. The Hall–Kier alpha value is -1.98. The summed E-state index contributed by atoms with van der Waals surface area (Å²) in [5.41, 5.74) is -0.263. The Bertz CT molecular complexity index is 392. The van der Waals surface area contributed by atoms with Crippen LogP contribution < -0.4 is 5.32 Å². The van der Waals surface area contributed by atoms with Gasteiger partial charge in [-0.2, -0.15) is 4.39 Å². The van der Waals surface area contributed by atoms with Gasteiger partial charge in [-0.3, -0.25) is 4.79 Å². The third-order valence-corrected chi connectivity index (χ3v) is 1.35. The van der Waals surface area contributed by atoms with E-state index in [1.165, 1.54) is 6.92 Å². The minimum absolute atomic E-state index is 0.116. The number of carbonyl (C=O) groups is 2. The van der Waals surface area contributed by atoms with E-state index in [0.29, 0.717) is 0 Å². The largest absolute Gasteiger partial charge is 0.478 e. The van der Waals surface area contributed by atoms with Crippen molar-refractivity contribution in [1.29, 1.82) is 0 Å². The van der Waals surface area contributed by atoms with Gasteiger partial charge in [-0.05, 0) is 6.07 Å². The molecule has 0 aliphatic heterocycles. The van der Waals surface area contributed by atoms with Gasteiger partial charge in [0.1, 0.15) is 5.82 Å². The molecule has 14 heavy (non-hydrogen) atoms. The van der Waals surface area contributed by atoms with Crippen molar-refractivity contribution in [3.8, 4) is 0 Å². The quantitative estimate of drug-likeness (QED) is 0.691. The molecular formula is C8H7FN2O3. The number of halogens is 1. The molecular weight excluding hydrogens is 191 g/mol. The summed E-state index contributed by atoms with van der Waals surface area (Å²) in [6.45, 7) is 1.22. The average Bonchev–Trinajstić information content (AvgIpc) is 2.01. The highest BCUT2D eigenvalue weighted by Gasteiger charge is 2.08. The molecule has 0 saturated heterocycles. The second-order valence-corrected chi connectivity index (χ2v) is 2.55. The molecule has 0 aromatic carbocycles. The predicted molar refractivity (Wildman–Crippen MR) is 45.5 cm³/mol. The summed E-state index contributed by atoms with van der Waals surface area (Å²) in [7, 11) is 0. The number of nitrogens with zero attached hydrogens (tertiary/aromatic N) is 1. The van der Waals surface area contributed by atoms with E-state index in [-0.39, 0.29) is 11.4 Å². The maximum Gasteiger partial charge on any atom is 0.335 e. The van der Waals surface area contributed by atoms with Gasteiger partial charge in [0.05, 0.1) is 5.56 Å². The summed E-state index contributed by atoms with van der Waals surface area (Å²) >= 11 is 0. The zero-order valence-corrected chi connectivity index (χ0v) is 7.24. The number of rotatable bonds is 2. The van der Waals surface area contributed by atoms with Gasteiger partial charge in [-0.15, -0.1) is 0 Å². The maximum absolute atomic E-state index is 12.7. The second kappa shape index (κ2) is 3.82. The van der Waals surface area contributed by atoms with Crippen molar-refractivity contribution in [2.24, 2.45) is 0 Å². The number of hydrogen-bond acceptors (Lipinski definition) is 3. The maximum atomic E-state index is 12.7. The van der Waals surface area contributed by atoms with E-state index < -0.39 is 17.8 Å². The molecule has 2 N–H and O–H groups in total. The van der Waals surface area contributed by atoms with E-state index in [2.05, 4.69) is 10.3 Å². The minimum Gasteiger partial charge on any atom is -0.478 e. The lowest BCUT2D eigenvalue weighted by Gasteiger charge is -2.02. The molecule has 0 aliphatic carbocycles. The van der Waals surface area contributed by atoms with Gasteiger partial charge in [0.15, 0.2) is 0 Å². The van der Waals surface area contributed by atoms with Crippen molar-refractivity contribution in [2.75, 3.05) is 5.32 Å². The Morgan fingerprint density at radius 1 is 1.50 bits per heavy atom. The van der Waals surface area contributed by atoms with Crippen molar-refractivity contribution < 1.29 is 19.1 Å². The van der Waals surface area contributed by atoms with Gasteiger partial charge < -0.3 is 10.4 Å². The molecule has 6 heteroatoms. The SMILES string of the molecule is CC(=O)Nc1cc(C(=O)O)cc(F)n1. The zero-order chi connectivity index (χ0) is 10.7. The Morgan fingerprint density at radius 3 is 2.64 bits per heavy atom. The average molecular weight is 198 g/mol. The number of pyridine rings is 1. The van der Waals surface area contributed by atoms with Crippen molar-refractivity contribution >= 4 is 17.7 Å². The van der Waals surface area contributed by atoms with Gasteiger partial charge in [0, 0.05) is 13.0 Å². The number of hydrogen-bond donors (Lipinski definition) is 2. The summed E-state index contributed by atoms with van der Waals surface area (Å²) in [4.78, 5) is 24.4. The lowest BCUT2D eigenvalue weighted by Crippen LogP contribution is -2.09. The summed E-state index contributed by atoms with van der Waals surface area (Å²) in [6.07, 6.45) is 0. The van der Waals surface area contributed by atoms with Crippen LogP contribution in [0.4, 0.5) is 10.2 Å². The highest BCUT2D eigenvalue weighted by atomic mass is 19.1. The van der Waals surface area contributed by atoms with E-state index in [1.54, 1.807) is 0 Å². The molecule has 1 aromatic rings. The van der Waals surface area contributed by atoms with Crippen LogP contribution in [0, 0.1) is 5.95 Å². The normalized spacial score (nSPS) is 9.57. The monoisotopic (exact) mass is 198 g/mol. The number of amides is 1. The van der Waals surface area contributed by atoms with Crippen molar-refractivity contribution in [3.05, 3.63) is 23.6 Å². The minimum atomic E-state index is -1.28. The van der Waals surface area contributed by atoms with E-state index in [1.807, 2.05) is 0 Å². The van der Waals surface area contributed by atoms with Crippen molar-refractivity contribution in [3.63, 3.8) is 0 Å². The fourth-order valence-electron chi connectivity index (χ4n) is 0.865. The van der Waals surface area contributed by atoms with Crippen LogP contribution in [0.2, 0.25) is 0 Å². The second-order valence-electron chi connectivity index (χ2n) is 2.55. The molecule has 0 aliphatic rings. The molecule has 0 radical (unpaired) electrons. The Morgan fingerprint density at radius 2 is 2.14 bits per heavy atom. The third kappa shape index (κ3) is 2.51.